The molecule has 2 aromatic carbocycles. The zero-order valence-electron chi connectivity index (χ0n) is 14.3. The molecule has 0 aliphatic carbocycles. The lowest BCUT2D eigenvalue weighted by Crippen LogP contribution is -2.37. The summed E-state index contributed by atoms with van der Waals surface area (Å²) in [6.45, 7) is 2.05. The van der Waals surface area contributed by atoms with E-state index >= 15 is 0 Å². The van der Waals surface area contributed by atoms with Gasteiger partial charge in [-0.05, 0) is 48.4 Å². The predicted molar refractivity (Wildman–Crippen MR) is 98.8 cm³/mol. The molecule has 0 radical (unpaired) electrons. The second-order valence-electron chi connectivity index (χ2n) is 6.73. The van der Waals surface area contributed by atoms with Gasteiger partial charge in [-0.2, -0.15) is 0 Å². The van der Waals surface area contributed by atoms with Crippen molar-refractivity contribution in [3.8, 4) is 0 Å². The lowest BCUT2D eigenvalue weighted by atomic mass is 10.1. The standard InChI is InChI=1S/C19H19FN2O3S/c1-2-13-3-7-15(8-4-13)21-17-11-26(24,25)12-18(17)22(19(21)23)16-9-5-14(20)6-10-16/h3-10,17-18H,2,11-12H2,1H3/t17-,18-/m0/s1. The summed E-state index contributed by atoms with van der Waals surface area (Å²) < 4.78 is 37.7. The van der Waals surface area contributed by atoms with Crippen LogP contribution in [0.2, 0.25) is 0 Å². The van der Waals surface area contributed by atoms with E-state index in [1.807, 2.05) is 31.2 Å². The average Bonchev–Trinajstić information content (AvgIpc) is 3.05. The zero-order chi connectivity index (χ0) is 18.5. The van der Waals surface area contributed by atoms with Crippen LogP contribution in [0.15, 0.2) is 48.5 Å². The number of hydrogen-bond donors (Lipinski definition) is 0. The Morgan fingerprint density at radius 2 is 1.38 bits per heavy atom. The Morgan fingerprint density at radius 3 is 1.85 bits per heavy atom. The maximum Gasteiger partial charge on any atom is 0.329 e. The molecule has 0 bridgehead atoms. The molecule has 4 rings (SSSR count). The number of rotatable bonds is 3. The van der Waals surface area contributed by atoms with Crippen LogP contribution in [0.5, 0.6) is 0 Å². The normalized spacial score (nSPS) is 24.2. The molecule has 7 heteroatoms. The lowest BCUT2D eigenvalue weighted by Gasteiger charge is -2.23. The van der Waals surface area contributed by atoms with Crippen LogP contribution < -0.4 is 9.80 Å². The minimum Gasteiger partial charge on any atom is -0.288 e. The van der Waals surface area contributed by atoms with Crippen molar-refractivity contribution in [1.29, 1.82) is 0 Å². The fourth-order valence-corrected chi connectivity index (χ4v) is 5.72. The zero-order valence-corrected chi connectivity index (χ0v) is 15.1. The summed E-state index contributed by atoms with van der Waals surface area (Å²) in [6, 6.07) is 12.0. The van der Waals surface area contributed by atoms with Gasteiger partial charge in [0.1, 0.15) is 5.82 Å². The molecular weight excluding hydrogens is 355 g/mol. The molecule has 2 aliphatic rings. The van der Waals surface area contributed by atoms with Gasteiger partial charge in [0.25, 0.3) is 0 Å². The first kappa shape index (κ1) is 17.0. The molecule has 2 fully saturated rings. The summed E-state index contributed by atoms with van der Waals surface area (Å²) in [5, 5.41) is 0. The molecule has 0 saturated carbocycles. The quantitative estimate of drug-likeness (QED) is 0.776. The highest BCUT2D eigenvalue weighted by atomic mass is 32.2. The number of sulfone groups is 1. The highest BCUT2D eigenvalue weighted by Gasteiger charge is 2.54. The average molecular weight is 374 g/mol. The van der Waals surface area contributed by atoms with Gasteiger partial charge in [-0.3, -0.25) is 9.80 Å². The van der Waals surface area contributed by atoms with Crippen molar-refractivity contribution < 1.29 is 17.6 Å². The van der Waals surface area contributed by atoms with Crippen molar-refractivity contribution in [3.63, 3.8) is 0 Å². The van der Waals surface area contributed by atoms with E-state index in [0.29, 0.717) is 11.4 Å². The SMILES string of the molecule is CCc1ccc(N2C(=O)N(c3ccc(F)cc3)[C@H]3CS(=O)(=O)C[C@@H]32)cc1. The molecule has 136 valence electrons. The van der Waals surface area contributed by atoms with Gasteiger partial charge in [-0.25, -0.2) is 17.6 Å². The van der Waals surface area contributed by atoms with Crippen LogP contribution in [0.25, 0.3) is 0 Å². The van der Waals surface area contributed by atoms with Gasteiger partial charge in [0, 0.05) is 11.4 Å². The number of carbonyl (C=O) groups excluding carboxylic acids is 1. The summed E-state index contributed by atoms with van der Waals surface area (Å²) in [4.78, 5) is 16.2. The summed E-state index contributed by atoms with van der Waals surface area (Å²) in [6.07, 6.45) is 0.885. The van der Waals surface area contributed by atoms with Crippen molar-refractivity contribution in [1.82, 2.24) is 0 Å². The van der Waals surface area contributed by atoms with Crippen molar-refractivity contribution in [2.24, 2.45) is 0 Å². The van der Waals surface area contributed by atoms with Crippen LogP contribution in [0.4, 0.5) is 20.6 Å². The lowest BCUT2D eigenvalue weighted by molar-refractivity contribution is 0.255. The number of amides is 2. The molecule has 0 aromatic heterocycles. The van der Waals surface area contributed by atoms with Gasteiger partial charge in [0.2, 0.25) is 0 Å². The summed E-state index contributed by atoms with van der Waals surface area (Å²) >= 11 is 0. The monoisotopic (exact) mass is 374 g/mol. The van der Waals surface area contributed by atoms with Crippen LogP contribution in [0, 0.1) is 5.82 Å². The van der Waals surface area contributed by atoms with Gasteiger partial charge in [-0.1, -0.05) is 19.1 Å². The van der Waals surface area contributed by atoms with E-state index in [4.69, 9.17) is 0 Å². The third-order valence-corrected chi connectivity index (χ3v) is 6.80. The maximum absolute atomic E-state index is 13.3. The van der Waals surface area contributed by atoms with E-state index in [1.54, 1.807) is 4.90 Å². The molecule has 2 aliphatic heterocycles. The van der Waals surface area contributed by atoms with Gasteiger partial charge in [-0.15, -0.1) is 0 Å². The summed E-state index contributed by atoms with van der Waals surface area (Å²) in [5.41, 5.74) is 2.34. The van der Waals surface area contributed by atoms with E-state index in [9.17, 15) is 17.6 Å². The molecule has 2 saturated heterocycles. The van der Waals surface area contributed by atoms with E-state index in [2.05, 4.69) is 0 Å². The first-order chi connectivity index (χ1) is 12.4. The molecule has 2 amide bonds. The number of hydrogen-bond acceptors (Lipinski definition) is 3. The number of halogens is 1. The predicted octanol–water partition coefficient (Wildman–Crippen LogP) is 3.00. The van der Waals surface area contributed by atoms with Crippen LogP contribution in [0.3, 0.4) is 0 Å². The van der Waals surface area contributed by atoms with E-state index < -0.39 is 27.7 Å². The maximum atomic E-state index is 13.3. The second kappa shape index (κ2) is 6.09. The molecule has 5 nitrogen and oxygen atoms in total. The van der Waals surface area contributed by atoms with Crippen molar-refractivity contribution in [2.75, 3.05) is 21.3 Å². The molecule has 2 atom stereocenters. The first-order valence-corrected chi connectivity index (χ1v) is 10.4. The molecule has 0 N–H and O–H groups in total. The van der Waals surface area contributed by atoms with E-state index in [0.717, 1.165) is 12.0 Å². The van der Waals surface area contributed by atoms with Crippen LogP contribution >= 0.6 is 0 Å². The van der Waals surface area contributed by atoms with Crippen molar-refractivity contribution in [3.05, 3.63) is 59.9 Å². The Balaban J connectivity index is 1.77. The minimum atomic E-state index is -3.24. The first-order valence-electron chi connectivity index (χ1n) is 8.57. The highest BCUT2D eigenvalue weighted by Crippen LogP contribution is 2.38. The molecule has 2 aromatic rings. The molecule has 0 unspecified atom stereocenters. The minimum absolute atomic E-state index is 0.0589. The summed E-state index contributed by atoms with van der Waals surface area (Å²) in [7, 11) is -3.24. The topological polar surface area (TPSA) is 57.7 Å². The number of anilines is 2. The summed E-state index contributed by atoms with van der Waals surface area (Å²) in [5.74, 6) is -0.538. The number of carbonyl (C=O) groups is 1. The highest BCUT2D eigenvalue weighted by molar-refractivity contribution is 7.91. The van der Waals surface area contributed by atoms with Crippen LogP contribution in [-0.2, 0) is 16.3 Å². The van der Waals surface area contributed by atoms with Crippen molar-refractivity contribution >= 4 is 27.2 Å². The molecular formula is C19H19FN2O3S. The fourth-order valence-electron chi connectivity index (χ4n) is 3.80. The molecule has 2 heterocycles. The van der Waals surface area contributed by atoms with Gasteiger partial charge < -0.3 is 0 Å². The Bertz CT molecular complexity index is 942. The Hall–Kier alpha value is -2.41. The number of benzene rings is 2. The second-order valence-corrected chi connectivity index (χ2v) is 8.88. The van der Waals surface area contributed by atoms with Gasteiger partial charge >= 0.3 is 6.03 Å². The van der Waals surface area contributed by atoms with Crippen LogP contribution in [0.1, 0.15) is 12.5 Å². The van der Waals surface area contributed by atoms with Gasteiger partial charge in [0.15, 0.2) is 9.84 Å². The van der Waals surface area contributed by atoms with Crippen LogP contribution in [-0.4, -0.2) is 38.0 Å². The Morgan fingerprint density at radius 1 is 0.923 bits per heavy atom. The Labute approximate surface area is 152 Å². The number of fused-ring (bicyclic) bond motifs is 1. The third kappa shape index (κ3) is 2.76. The third-order valence-electron chi connectivity index (χ3n) is 5.10. The van der Waals surface area contributed by atoms with Crippen molar-refractivity contribution in [2.45, 2.75) is 25.4 Å². The van der Waals surface area contributed by atoms with E-state index in [-0.39, 0.29) is 17.5 Å². The number of aryl methyl sites for hydroxylation is 1. The smallest absolute Gasteiger partial charge is 0.288 e. The fraction of sp³-hybridized carbons (Fsp3) is 0.316. The number of nitrogens with zero attached hydrogens (tertiary/aromatic N) is 2. The molecule has 26 heavy (non-hydrogen) atoms. The van der Waals surface area contributed by atoms with E-state index in [1.165, 1.54) is 29.2 Å². The number of urea groups is 1. The Kier molecular flexibility index (Phi) is 3.99. The van der Waals surface area contributed by atoms with Gasteiger partial charge in [0.05, 0.1) is 23.6 Å². The largest absolute Gasteiger partial charge is 0.329 e. The molecule has 0 spiro atoms.